The van der Waals surface area contributed by atoms with Crippen molar-refractivity contribution in [1.29, 1.82) is 0 Å². The summed E-state index contributed by atoms with van der Waals surface area (Å²) in [4.78, 5) is 16.6. The average Bonchev–Trinajstić information content (AvgIpc) is 3.08. The van der Waals surface area contributed by atoms with E-state index in [1.165, 1.54) is 17.5 Å². The number of nitrogens with zero attached hydrogens (tertiary/aromatic N) is 3. The molecule has 1 aliphatic rings. The fraction of sp³-hybridized carbons (Fsp3) is 0.500. The highest BCUT2D eigenvalue weighted by Crippen LogP contribution is 2.38. The van der Waals surface area contributed by atoms with Gasteiger partial charge in [-0.3, -0.25) is 4.79 Å². The second kappa shape index (κ2) is 6.52. The predicted molar refractivity (Wildman–Crippen MR) is 88.7 cm³/mol. The first-order valence-electron chi connectivity index (χ1n) is 8.30. The van der Waals surface area contributed by atoms with Crippen molar-refractivity contribution < 1.29 is 4.79 Å². The molecule has 0 bridgehead atoms. The lowest BCUT2D eigenvalue weighted by Gasteiger charge is -2.37. The van der Waals surface area contributed by atoms with Crippen molar-refractivity contribution in [3.63, 3.8) is 0 Å². The van der Waals surface area contributed by atoms with Crippen LogP contribution in [0.3, 0.4) is 0 Å². The van der Waals surface area contributed by atoms with E-state index in [1.54, 1.807) is 11.0 Å². The van der Waals surface area contributed by atoms with Crippen LogP contribution in [-0.4, -0.2) is 20.7 Å². The molecule has 122 valence electrons. The zero-order valence-electron chi connectivity index (χ0n) is 13.9. The van der Waals surface area contributed by atoms with Gasteiger partial charge in [-0.05, 0) is 42.7 Å². The maximum absolute atomic E-state index is 12.7. The Morgan fingerprint density at radius 1 is 1.30 bits per heavy atom. The van der Waals surface area contributed by atoms with Crippen molar-refractivity contribution in [3.8, 4) is 0 Å². The summed E-state index contributed by atoms with van der Waals surface area (Å²) in [5.74, 6) is 0.968. The second-order valence-corrected chi connectivity index (χ2v) is 6.68. The molecule has 5 nitrogen and oxygen atoms in total. The van der Waals surface area contributed by atoms with Crippen molar-refractivity contribution in [2.45, 2.75) is 45.7 Å². The maximum Gasteiger partial charge on any atom is 0.245 e. The standard InChI is InChI=1S/C18H24N4O/c1-12(2)15-9-8-14-6-4-5-7-16(14)17(15)21-18(23)13(3)22-11-19-10-20-22/h4-7,10-13,15,17H,8-9H2,1-3H3,(H,21,23). The first-order valence-corrected chi connectivity index (χ1v) is 8.30. The van der Waals surface area contributed by atoms with Crippen molar-refractivity contribution in [2.75, 3.05) is 0 Å². The number of aromatic nitrogens is 3. The van der Waals surface area contributed by atoms with E-state index in [9.17, 15) is 4.79 Å². The fourth-order valence-corrected chi connectivity index (χ4v) is 3.50. The number of benzene rings is 1. The Bertz CT molecular complexity index is 665. The van der Waals surface area contributed by atoms with Crippen LogP contribution in [0.1, 0.15) is 50.4 Å². The van der Waals surface area contributed by atoms with E-state index in [0.29, 0.717) is 11.8 Å². The summed E-state index contributed by atoms with van der Waals surface area (Å²) in [6, 6.07) is 8.16. The van der Waals surface area contributed by atoms with Crippen molar-refractivity contribution in [1.82, 2.24) is 20.1 Å². The number of hydrogen-bond donors (Lipinski definition) is 1. The van der Waals surface area contributed by atoms with Crippen LogP contribution in [0, 0.1) is 11.8 Å². The molecule has 1 aliphatic carbocycles. The van der Waals surface area contributed by atoms with E-state index in [2.05, 4.69) is 53.5 Å². The quantitative estimate of drug-likeness (QED) is 0.944. The molecule has 0 radical (unpaired) electrons. The van der Waals surface area contributed by atoms with Gasteiger partial charge in [0.05, 0.1) is 6.04 Å². The van der Waals surface area contributed by atoms with Crippen LogP contribution in [-0.2, 0) is 11.2 Å². The number of hydrogen-bond acceptors (Lipinski definition) is 3. The van der Waals surface area contributed by atoms with Gasteiger partial charge in [-0.25, -0.2) is 9.67 Å². The average molecular weight is 312 g/mol. The van der Waals surface area contributed by atoms with Gasteiger partial charge < -0.3 is 5.32 Å². The Balaban J connectivity index is 1.84. The van der Waals surface area contributed by atoms with Crippen molar-refractivity contribution in [3.05, 3.63) is 48.0 Å². The van der Waals surface area contributed by atoms with Crippen LogP contribution < -0.4 is 5.32 Å². The summed E-state index contributed by atoms with van der Waals surface area (Å²) in [5, 5.41) is 7.34. The van der Waals surface area contributed by atoms with E-state index in [1.807, 2.05) is 6.92 Å². The SMILES string of the molecule is CC(C)C1CCc2ccccc2C1NC(=O)C(C)n1cncn1. The molecule has 0 saturated carbocycles. The third kappa shape index (κ3) is 3.14. The van der Waals surface area contributed by atoms with Crippen molar-refractivity contribution in [2.24, 2.45) is 11.8 Å². The molecule has 5 heteroatoms. The molecular weight excluding hydrogens is 288 g/mol. The molecule has 1 aromatic carbocycles. The van der Waals surface area contributed by atoms with Gasteiger partial charge in [0.15, 0.2) is 0 Å². The molecule has 23 heavy (non-hydrogen) atoms. The second-order valence-electron chi connectivity index (χ2n) is 6.68. The highest BCUT2D eigenvalue weighted by Gasteiger charge is 2.33. The van der Waals surface area contributed by atoms with Crippen LogP contribution in [0.2, 0.25) is 0 Å². The van der Waals surface area contributed by atoms with E-state index in [0.717, 1.165) is 12.8 Å². The zero-order chi connectivity index (χ0) is 16.4. The largest absolute Gasteiger partial charge is 0.347 e. The Hall–Kier alpha value is -2.17. The molecule has 2 aromatic rings. The summed E-state index contributed by atoms with van der Waals surface area (Å²) in [6.07, 6.45) is 5.23. The molecule has 3 atom stereocenters. The number of carbonyl (C=O) groups is 1. The van der Waals surface area contributed by atoms with Gasteiger partial charge in [-0.1, -0.05) is 38.1 Å². The van der Waals surface area contributed by atoms with Gasteiger partial charge in [0.2, 0.25) is 5.91 Å². The highest BCUT2D eigenvalue weighted by atomic mass is 16.2. The van der Waals surface area contributed by atoms with E-state index < -0.39 is 0 Å². The van der Waals surface area contributed by atoms with Gasteiger partial charge in [0.25, 0.3) is 0 Å². The predicted octanol–water partition coefficient (Wildman–Crippen LogP) is 2.92. The van der Waals surface area contributed by atoms with E-state index in [4.69, 9.17) is 0 Å². The molecule has 3 rings (SSSR count). The third-order valence-electron chi connectivity index (χ3n) is 4.93. The Morgan fingerprint density at radius 3 is 2.78 bits per heavy atom. The minimum atomic E-state index is -0.362. The molecule has 0 fully saturated rings. The summed E-state index contributed by atoms with van der Waals surface area (Å²) in [5.41, 5.74) is 2.61. The first-order chi connectivity index (χ1) is 11.1. The number of nitrogens with one attached hydrogen (secondary N) is 1. The third-order valence-corrected chi connectivity index (χ3v) is 4.93. The molecule has 3 unspecified atom stereocenters. The molecule has 1 heterocycles. The maximum atomic E-state index is 12.7. The van der Waals surface area contributed by atoms with Gasteiger partial charge in [-0.15, -0.1) is 0 Å². The summed E-state index contributed by atoms with van der Waals surface area (Å²) in [7, 11) is 0. The lowest BCUT2D eigenvalue weighted by molar-refractivity contribution is -0.125. The molecule has 1 amide bonds. The monoisotopic (exact) mass is 312 g/mol. The normalized spacial score (nSPS) is 21.7. The Morgan fingerprint density at radius 2 is 2.09 bits per heavy atom. The number of fused-ring (bicyclic) bond motifs is 1. The first kappa shape index (κ1) is 15.7. The Labute approximate surface area is 137 Å². The molecule has 1 N–H and O–H groups in total. The molecular formula is C18H24N4O. The van der Waals surface area contributed by atoms with Crippen LogP contribution in [0.15, 0.2) is 36.9 Å². The van der Waals surface area contributed by atoms with Gasteiger partial charge in [0.1, 0.15) is 18.7 Å². The summed E-state index contributed by atoms with van der Waals surface area (Å²) < 4.78 is 1.59. The number of aryl methyl sites for hydroxylation is 1. The van der Waals surface area contributed by atoms with Crippen LogP contribution in [0.5, 0.6) is 0 Å². The molecule has 0 aliphatic heterocycles. The Kier molecular flexibility index (Phi) is 4.46. The van der Waals surface area contributed by atoms with Crippen LogP contribution in [0.4, 0.5) is 0 Å². The van der Waals surface area contributed by atoms with Crippen LogP contribution >= 0.6 is 0 Å². The fourth-order valence-electron chi connectivity index (χ4n) is 3.50. The molecule has 0 spiro atoms. The number of amides is 1. The van der Waals surface area contributed by atoms with Gasteiger partial charge in [0, 0.05) is 0 Å². The van der Waals surface area contributed by atoms with Gasteiger partial charge >= 0.3 is 0 Å². The van der Waals surface area contributed by atoms with E-state index >= 15 is 0 Å². The van der Waals surface area contributed by atoms with Crippen molar-refractivity contribution >= 4 is 5.91 Å². The summed E-state index contributed by atoms with van der Waals surface area (Å²) in [6.45, 7) is 6.32. The lowest BCUT2D eigenvalue weighted by Crippen LogP contribution is -2.41. The minimum absolute atomic E-state index is 0.0112. The molecule has 1 aromatic heterocycles. The minimum Gasteiger partial charge on any atom is -0.347 e. The van der Waals surface area contributed by atoms with Gasteiger partial charge in [-0.2, -0.15) is 5.10 Å². The number of carbonyl (C=O) groups excluding carboxylic acids is 1. The van der Waals surface area contributed by atoms with Crippen LogP contribution in [0.25, 0.3) is 0 Å². The molecule has 0 saturated heterocycles. The topological polar surface area (TPSA) is 59.8 Å². The zero-order valence-corrected chi connectivity index (χ0v) is 13.9. The number of rotatable bonds is 4. The smallest absolute Gasteiger partial charge is 0.245 e. The van der Waals surface area contributed by atoms with E-state index in [-0.39, 0.29) is 18.0 Å². The highest BCUT2D eigenvalue weighted by molar-refractivity contribution is 5.80. The summed E-state index contributed by atoms with van der Waals surface area (Å²) >= 11 is 0. The lowest BCUT2D eigenvalue weighted by atomic mass is 9.74.